The van der Waals surface area contributed by atoms with Crippen molar-refractivity contribution in [2.75, 3.05) is 19.7 Å². The quantitative estimate of drug-likeness (QED) is 0.736. The predicted octanol–water partition coefficient (Wildman–Crippen LogP) is 3.52. The van der Waals surface area contributed by atoms with E-state index in [9.17, 15) is 5.11 Å². The van der Waals surface area contributed by atoms with Crippen molar-refractivity contribution in [1.29, 1.82) is 0 Å². The number of β-amino-alcohol motifs (C(OH)–C–C–N with tert-alkyl or cyclic N) is 1. The molecule has 2 aliphatic rings. The molecule has 0 radical (unpaired) electrons. The van der Waals surface area contributed by atoms with Crippen LogP contribution in [0.1, 0.15) is 42.4 Å². The molecule has 0 unspecified atom stereocenters. The first-order chi connectivity index (χ1) is 13.8. The van der Waals surface area contributed by atoms with Gasteiger partial charge in [-0.1, -0.05) is 49.2 Å². The Bertz CT molecular complexity index is 758. The third-order valence-electron chi connectivity index (χ3n) is 5.97. The zero-order valence-corrected chi connectivity index (χ0v) is 16.6. The summed E-state index contributed by atoms with van der Waals surface area (Å²) >= 11 is 0. The van der Waals surface area contributed by atoms with E-state index in [1.54, 1.807) is 0 Å². The maximum absolute atomic E-state index is 10.4. The van der Waals surface area contributed by atoms with Gasteiger partial charge in [0.25, 0.3) is 0 Å². The van der Waals surface area contributed by atoms with Crippen LogP contribution < -0.4 is 10.1 Å². The summed E-state index contributed by atoms with van der Waals surface area (Å²) < 4.78 is 5.89. The molecule has 1 saturated carbocycles. The Labute approximate surface area is 168 Å². The molecular weight excluding hydrogens is 348 g/mol. The molecule has 28 heavy (non-hydrogen) atoms. The van der Waals surface area contributed by atoms with E-state index in [-0.39, 0.29) is 0 Å². The summed E-state index contributed by atoms with van der Waals surface area (Å²) in [6, 6.07) is 17.5. The van der Waals surface area contributed by atoms with Crippen LogP contribution in [0.3, 0.4) is 0 Å². The highest BCUT2D eigenvalue weighted by atomic mass is 16.5. The largest absolute Gasteiger partial charge is 0.491 e. The standard InChI is InChI=1S/C24H32N2O2/c27-23(17-26-13-12-20-7-1-2-8-21(20)16-26)18-28-24-11-5-6-19(14-24)15-25-22-9-3-4-10-22/h1-2,5-8,11,14,22-23,25,27H,3-4,9-10,12-13,15-18H2/t23-/m1/s1. The molecule has 0 bridgehead atoms. The normalized spacial score (nSPS) is 18.8. The summed E-state index contributed by atoms with van der Waals surface area (Å²) in [7, 11) is 0. The number of aliphatic hydroxyl groups is 1. The second-order valence-corrected chi connectivity index (χ2v) is 8.23. The molecule has 2 aromatic rings. The van der Waals surface area contributed by atoms with Crippen LogP contribution in [0, 0.1) is 0 Å². The second kappa shape index (κ2) is 9.55. The Morgan fingerprint density at radius 1 is 1.07 bits per heavy atom. The van der Waals surface area contributed by atoms with E-state index >= 15 is 0 Å². The molecule has 4 heteroatoms. The Morgan fingerprint density at radius 2 is 1.89 bits per heavy atom. The minimum absolute atomic E-state index is 0.331. The summed E-state index contributed by atoms with van der Waals surface area (Å²) in [5.74, 6) is 0.841. The zero-order chi connectivity index (χ0) is 19.2. The first-order valence-electron chi connectivity index (χ1n) is 10.7. The lowest BCUT2D eigenvalue weighted by atomic mass is 10.00. The van der Waals surface area contributed by atoms with Gasteiger partial charge in [0.2, 0.25) is 0 Å². The average Bonchev–Trinajstić information content (AvgIpc) is 3.25. The van der Waals surface area contributed by atoms with Crippen LogP contribution in [-0.2, 0) is 19.5 Å². The fraction of sp³-hybridized carbons (Fsp3) is 0.500. The SMILES string of the molecule is O[C@@H](COc1cccc(CNC2CCCC2)c1)CN1CCc2ccccc2C1. The van der Waals surface area contributed by atoms with Gasteiger partial charge in [-0.25, -0.2) is 0 Å². The number of fused-ring (bicyclic) bond motifs is 1. The van der Waals surface area contributed by atoms with E-state index in [4.69, 9.17) is 4.74 Å². The molecule has 4 rings (SSSR count). The Morgan fingerprint density at radius 3 is 2.75 bits per heavy atom. The lowest BCUT2D eigenvalue weighted by Gasteiger charge is -2.30. The maximum Gasteiger partial charge on any atom is 0.119 e. The summed E-state index contributed by atoms with van der Waals surface area (Å²) in [4.78, 5) is 2.32. The third kappa shape index (κ3) is 5.34. The van der Waals surface area contributed by atoms with E-state index < -0.39 is 6.10 Å². The highest BCUT2D eigenvalue weighted by Crippen LogP contribution is 2.20. The van der Waals surface area contributed by atoms with Gasteiger partial charge in [-0.3, -0.25) is 4.90 Å². The number of benzene rings is 2. The molecule has 2 N–H and O–H groups in total. The molecule has 1 fully saturated rings. The summed E-state index contributed by atoms with van der Waals surface area (Å²) in [5.41, 5.74) is 4.06. The number of nitrogens with one attached hydrogen (secondary N) is 1. The molecule has 1 heterocycles. The lowest BCUT2D eigenvalue weighted by Crippen LogP contribution is -2.38. The number of nitrogens with zero attached hydrogens (tertiary/aromatic N) is 1. The van der Waals surface area contributed by atoms with Gasteiger partial charge in [-0.2, -0.15) is 0 Å². The van der Waals surface area contributed by atoms with Gasteiger partial charge in [0.15, 0.2) is 0 Å². The highest BCUT2D eigenvalue weighted by Gasteiger charge is 2.19. The van der Waals surface area contributed by atoms with Crippen molar-refractivity contribution in [2.45, 2.75) is 57.3 Å². The van der Waals surface area contributed by atoms with Crippen molar-refractivity contribution < 1.29 is 9.84 Å². The molecule has 1 atom stereocenters. The van der Waals surface area contributed by atoms with Crippen LogP contribution in [-0.4, -0.2) is 41.8 Å². The van der Waals surface area contributed by atoms with Crippen molar-refractivity contribution in [3.05, 3.63) is 65.2 Å². The first-order valence-corrected chi connectivity index (χ1v) is 10.7. The van der Waals surface area contributed by atoms with Crippen LogP contribution >= 0.6 is 0 Å². The van der Waals surface area contributed by atoms with Crippen molar-refractivity contribution in [3.63, 3.8) is 0 Å². The smallest absolute Gasteiger partial charge is 0.119 e. The van der Waals surface area contributed by atoms with E-state index in [0.717, 1.165) is 31.8 Å². The van der Waals surface area contributed by atoms with Crippen LogP contribution in [0.25, 0.3) is 0 Å². The number of ether oxygens (including phenoxy) is 1. The molecule has 2 aromatic carbocycles. The van der Waals surface area contributed by atoms with Gasteiger partial charge in [0.1, 0.15) is 18.5 Å². The minimum atomic E-state index is -0.481. The topological polar surface area (TPSA) is 44.7 Å². The molecule has 0 spiro atoms. The summed E-state index contributed by atoms with van der Waals surface area (Å²) in [6.07, 6.45) is 5.86. The van der Waals surface area contributed by atoms with Gasteiger partial charge >= 0.3 is 0 Å². The Kier molecular flexibility index (Phi) is 6.63. The molecule has 4 nitrogen and oxygen atoms in total. The molecule has 0 amide bonds. The fourth-order valence-electron chi connectivity index (χ4n) is 4.39. The van der Waals surface area contributed by atoms with Gasteiger partial charge in [0.05, 0.1) is 0 Å². The highest BCUT2D eigenvalue weighted by molar-refractivity contribution is 5.29. The average molecular weight is 381 g/mol. The first kappa shape index (κ1) is 19.4. The van der Waals surface area contributed by atoms with Gasteiger partial charge in [0, 0.05) is 32.2 Å². The van der Waals surface area contributed by atoms with Gasteiger partial charge < -0.3 is 15.2 Å². The van der Waals surface area contributed by atoms with E-state index in [0.29, 0.717) is 19.2 Å². The van der Waals surface area contributed by atoms with Crippen molar-refractivity contribution in [3.8, 4) is 5.75 Å². The molecule has 1 aliphatic carbocycles. The van der Waals surface area contributed by atoms with E-state index in [2.05, 4.69) is 46.6 Å². The molecular formula is C24H32N2O2. The summed E-state index contributed by atoms with van der Waals surface area (Å²) in [6.45, 7) is 3.78. The number of hydrogen-bond acceptors (Lipinski definition) is 4. The van der Waals surface area contributed by atoms with Crippen molar-refractivity contribution in [2.24, 2.45) is 0 Å². The second-order valence-electron chi connectivity index (χ2n) is 8.23. The fourth-order valence-corrected chi connectivity index (χ4v) is 4.39. The van der Waals surface area contributed by atoms with Crippen molar-refractivity contribution in [1.82, 2.24) is 10.2 Å². The van der Waals surface area contributed by atoms with Crippen LogP contribution in [0.2, 0.25) is 0 Å². The Balaban J connectivity index is 1.22. The zero-order valence-electron chi connectivity index (χ0n) is 16.6. The summed E-state index contributed by atoms with van der Waals surface area (Å²) in [5, 5.41) is 14.1. The van der Waals surface area contributed by atoms with Crippen LogP contribution in [0.15, 0.2) is 48.5 Å². The number of aliphatic hydroxyl groups excluding tert-OH is 1. The predicted molar refractivity (Wildman–Crippen MR) is 112 cm³/mol. The lowest BCUT2D eigenvalue weighted by molar-refractivity contribution is 0.0637. The maximum atomic E-state index is 10.4. The van der Waals surface area contributed by atoms with Crippen LogP contribution in [0.4, 0.5) is 0 Å². The molecule has 0 saturated heterocycles. The molecule has 0 aromatic heterocycles. The van der Waals surface area contributed by atoms with Gasteiger partial charge in [-0.05, 0) is 48.1 Å². The van der Waals surface area contributed by atoms with Gasteiger partial charge in [-0.15, -0.1) is 0 Å². The molecule has 1 aliphatic heterocycles. The monoisotopic (exact) mass is 380 g/mol. The minimum Gasteiger partial charge on any atom is -0.491 e. The molecule has 150 valence electrons. The van der Waals surface area contributed by atoms with E-state index in [1.165, 1.54) is 42.4 Å². The number of rotatable bonds is 8. The number of hydrogen-bond donors (Lipinski definition) is 2. The Hall–Kier alpha value is -1.88. The third-order valence-corrected chi connectivity index (χ3v) is 5.97. The van der Waals surface area contributed by atoms with Crippen molar-refractivity contribution >= 4 is 0 Å². The van der Waals surface area contributed by atoms with E-state index in [1.807, 2.05) is 12.1 Å². The van der Waals surface area contributed by atoms with Crippen LogP contribution in [0.5, 0.6) is 5.75 Å².